The third kappa shape index (κ3) is 5.61. The summed E-state index contributed by atoms with van der Waals surface area (Å²) in [5.41, 5.74) is 1.36. The number of halogens is 1. The van der Waals surface area contributed by atoms with E-state index in [1.54, 1.807) is 6.07 Å². The second kappa shape index (κ2) is 11.1. The molecule has 1 unspecified atom stereocenters. The monoisotopic (exact) mass is 514 g/mol. The lowest BCUT2D eigenvalue weighted by Gasteiger charge is -2.27. The topological polar surface area (TPSA) is 106 Å². The predicted molar refractivity (Wildman–Crippen MR) is 137 cm³/mol. The number of carbonyl (C=O) groups is 1. The van der Waals surface area contributed by atoms with E-state index in [1.807, 2.05) is 6.92 Å². The lowest BCUT2D eigenvalue weighted by atomic mass is 9.95. The molecule has 36 heavy (non-hydrogen) atoms. The van der Waals surface area contributed by atoms with Crippen LogP contribution in [0.2, 0.25) is 0 Å². The Kier molecular flexibility index (Phi) is 7.64. The zero-order valence-corrected chi connectivity index (χ0v) is 21.1. The van der Waals surface area contributed by atoms with Gasteiger partial charge in [-0.15, -0.1) is 11.3 Å². The number of nitrogens with zero attached hydrogens (tertiary/aromatic N) is 2. The van der Waals surface area contributed by atoms with Crippen molar-refractivity contribution < 1.29 is 23.8 Å². The van der Waals surface area contributed by atoms with Crippen LogP contribution < -0.4 is 15.4 Å². The molecule has 2 aromatic heterocycles. The summed E-state index contributed by atoms with van der Waals surface area (Å²) in [5.74, 6) is 0.369. The molecule has 2 aliphatic rings. The van der Waals surface area contributed by atoms with Crippen molar-refractivity contribution in [3.63, 3.8) is 0 Å². The molecule has 1 saturated heterocycles. The van der Waals surface area contributed by atoms with Crippen molar-refractivity contribution in [2.45, 2.75) is 70.2 Å². The summed E-state index contributed by atoms with van der Waals surface area (Å²) in [6, 6.07) is 4.35. The maximum Gasteiger partial charge on any atom is 0.261 e. The van der Waals surface area contributed by atoms with E-state index in [9.17, 15) is 14.3 Å². The number of benzene rings is 1. The lowest BCUT2D eigenvalue weighted by Crippen LogP contribution is -2.35. The van der Waals surface area contributed by atoms with Crippen LogP contribution >= 0.6 is 11.3 Å². The van der Waals surface area contributed by atoms with Gasteiger partial charge in [-0.2, -0.15) is 0 Å². The highest BCUT2D eigenvalue weighted by Gasteiger charge is 2.24. The summed E-state index contributed by atoms with van der Waals surface area (Å²) in [4.78, 5) is 23.1. The van der Waals surface area contributed by atoms with Gasteiger partial charge < -0.3 is 25.2 Å². The Morgan fingerprint density at radius 3 is 2.83 bits per heavy atom. The molecular weight excluding hydrogens is 483 g/mol. The van der Waals surface area contributed by atoms with Gasteiger partial charge in [0.1, 0.15) is 28.5 Å². The van der Waals surface area contributed by atoms with Crippen LogP contribution in [-0.2, 0) is 4.74 Å². The van der Waals surface area contributed by atoms with Gasteiger partial charge in [-0.05, 0) is 69.6 Å². The second-order valence-corrected chi connectivity index (χ2v) is 10.5. The summed E-state index contributed by atoms with van der Waals surface area (Å²) in [7, 11) is 0. The largest absolute Gasteiger partial charge is 0.488 e. The molecule has 1 aromatic carbocycles. The Morgan fingerprint density at radius 1 is 1.22 bits per heavy atom. The third-order valence-electron chi connectivity index (χ3n) is 6.83. The molecular formula is C26H31FN4O4S. The maximum atomic E-state index is 14.1. The average Bonchev–Trinajstić information content (AvgIpc) is 3.23. The molecule has 0 spiro atoms. The highest BCUT2D eigenvalue weighted by molar-refractivity contribution is 7.20. The predicted octanol–water partition coefficient (Wildman–Crippen LogP) is 4.86. The first-order valence-electron chi connectivity index (χ1n) is 12.5. The number of carbonyl (C=O) groups excluding carboxylic acids is 1. The van der Waals surface area contributed by atoms with Crippen molar-refractivity contribution in [1.29, 1.82) is 0 Å². The first-order valence-corrected chi connectivity index (χ1v) is 13.3. The highest BCUT2D eigenvalue weighted by Crippen LogP contribution is 2.37. The molecule has 0 bridgehead atoms. The van der Waals surface area contributed by atoms with Crippen molar-refractivity contribution in [1.82, 2.24) is 15.3 Å². The number of hydrogen-bond acceptors (Lipinski definition) is 8. The molecule has 2 fully saturated rings. The Morgan fingerprint density at radius 2 is 2.06 bits per heavy atom. The number of amides is 1. The first-order chi connectivity index (χ1) is 17.5. The van der Waals surface area contributed by atoms with E-state index in [-0.39, 0.29) is 24.2 Å². The Hall–Kier alpha value is -2.82. The molecule has 192 valence electrons. The molecule has 1 aliphatic heterocycles. The van der Waals surface area contributed by atoms with Crippen LogP contribution in [0, 0.1) is 12.7 Å². The van der Waals surface area contributed by atoms with Crippen LogP contribution in [-0.4, -0.2) is 52.4 Å². The summed E-state index contributed by atoms with van der Waals surface area (Å²) >= 11 is 1.32. The van der Waals surface area contributed by atoms with E-state index in [1.165, 1.54) is 29.8 Å². The quantitative estimate of drug-likeness (QED) is 0.413. The minimum atomic E-state index is -0.396. The Balaban J connectivity index is 1.36. The van der Waals surface area contributed by atoms with E-state index in [2.05, 4.69) is 20.6 Å². The number of aliphatic hydroxyl groups excluding tert-OH is 1. The van der Waals surface area contributed by atoms with Gasteiger partial charge in [0.05, 0.1) is 34.3 Å². The molecule has 8 nitrogen and oxygen atoms in total. The molecule has 3 aromatic rings. The number of aromatic nitrogens is 2. The fraction of sp³-hybridized carbons (Fsp3) is 0.500. The number of thiophene rings is 1. The number of aliphatic hydroxyl groups is 1. The molecule has 1 aliphatic carbocycles. The van der Waals surface area contributed by atoms with Crippen LogP contribution in [0.1, 0.15) is 60.2 Å². The summed E-state index contributed by atoms with van der Waals surface area (Å²) in [5, 5.41) is 16.8. The van der Waals surface area contributed by atoms with Gasteiger partial charge in [-0.3, -0.25) is 4.79 Å². The zero-order chi connectivity index (χ0) is 25.1. The van der Waals surface area contributed by atoms with Gasteiger partial charge in [0.2, 0.25) is 0 Å². The van der Waals surface area contributed by atoms with E-state index in [0.29, 0.717) is 59.2 Å². The van der Waals surface area contributed by atoms with E-state index in [4.69, 9.17) is 9.47 Å². The van der Waals surface area contributed by atoms with Crippen LogP contribution in [0.15, 0.2) is 24.5 Å². The van der Waals surface area contributed by atoms with Crippen molar-refractivity contribution in [2.24, 2.45) is 0 Å². The lowest BCUT2D eigenvalue weighted by molar-refractivity contribution is 0.0169. The fourth-order valence-corrected chi connectivity index (χ4v) is 5.87. The van der Waals surface area contributed by atoms with Gasteiger partial charge in [0.25, 0.3) is 5.91 Å². The summed E-state index contributed by atoms with van der Waals surface area (Å²) < 4.78 is 25.9. The molecule has 5 rings (SSSR count). The van der Waals surface area contributed by atoms with Crippen molar-refractivity contribution >= 4 is 39.0 Å². The minimum absolute atomic E-state index is 0.0544. The third-order valence-corrected chi connectivity index (χ3v) is 8.03. The van der Waals surface area contributed by atoms with Crippen LogP contribution in [0.4, 0.5) is 15.9 Å². The fourth-order valence-electron chi connectivity index (χ4n) is 4.81. The number of fused-ring (bicyclic) bond motifs is 1. The average molecular weight is 515 g/mol. The SMILES string of the molecule is Cc1c(C(=O)NCC2CCCCO2)sc2ncnc(Nc3ccc(F)cc3O[C@H]3CC[C@H](O)CC3)c12. The molecule has 3 N–H and O–H groups in total. The molecule has 1 atom stereocenters. The smallest absolute Gasteiger partial charge is 0.261 e. The Bertz CT molecular complexity index is 1220. The van der Waals surface area contributed by atoms with E-state index >= 15 is 0 Å². The van der Waals surface area contributed by atoms with Gasteiger partial charge >= 0.3 is 0 Å². The molecule has 10 heteroatoms. The van der Waals surface area contributed by atoms with Gasteiger partial charge in [0.15, 0.2) is 0 Å². The van der Waals surface area contributed by atoms with Crippen molar-refractivity contribution in [3.8, 4) is 5.75 Å². The molecule has 1 amide bonds. The molecule has 1 saturated carbocycles. The number of hydrogen-bond donors (Lipinski definition) is 3. The van der Waals surface area contributed by atoms with Crippen molar-refractivity contribution in [3.05, 3.63) is 40.8 Å². The van der Waals surface area contributed by atoms with Crippen LogP contribution in [0.3, 0.4) is 0 Å². The molecule has 3 heterocycles. The number of rotatable bonds is 7. The summed E-state index contributed by atoms with van der Waals surface area (Å²) in [6.07, 6.45) is 7.01. The normalized spacial score (nSPS) is 22.4. The highest BCUT2D eigenvalue weighted by atomic mass is 32.1. The van der Waals surface area contributed by atoms with Crippen LogP contribution in [0.25, 0.3) is 10.2 Å². The van der Waals surface area contributed by atoms with Crippen molar-refractivity contribution in [2.75, 3.05) is 18.5 Å². The minimum Gasteiger partial charge on any atom is -0.488 e. The number of ether oxygens (including phenoxy) is 2. The summed E-state index contributed by atoms with van der Waals surface area (Å²) in [6.45, 7) is 3.11. The van der Waals surface area contributed by atoms with Gasteiger partial charge in [0, 0.05) is 19.2 Å². The number of aryl methyl sites for hydroxylation is 1. The number of anilines is 2. The van der Waals surface area contributed by atoms with Gasteiger partial charge in [-0.1, -0.05) is 0 Å². The first kappa shape index (κ1) is 24.9. The molecule has 0 radical (unpaired) electrons. The van der Waals surface area contributed by atoms with Gasteiger partial charge in [-0.25, -0.2) is 14.4 Å². The standard InChI is InChI=1S/C26H31FN4O4S/c1-15-22-24(31-20-10-5-16(27)12-21(20)35-18-8-6-17(32)7-9-18)29-14-30-26(22)36-23(15)25(33)28-13-19-4-2-3-11-34-19/h5,10,12,14,17-19,32H,2-4,6-9,11,13H2,1H3,(H,28,33)(H,29,30,31)/t17-,18-,19?. The van der Waals surface area contributed by atoms with E-state index < -0.39 is 5.82 Å². The zero-order valence-electron chi connectivity index (χ0n) is 20.3. The van der Waals surface area contributed by atoms with Crippen LogP contribution in [0.5, 0.6) is 5.75 Å². The Labute approximate surface area is 213 Å². The van der Waals surface area contributed by atoms with E-state index in [0.717, 1.165) is 36.8 Å². The maximum absolute atomic E-state index is 14.1. The number of nitrogens with one attached hydrogen (secondary N) is 2. The second-order valence-electron chi connectivity index (χ2n) is 9.47.